The number of rotatable bonds is 7. The van der Waals surface area contributed by atoms with Crippen molar-refractivity contribution < 1.29 is 14.3 Å². The molecule has 1 aromatic carbocycles. The molecule has 1 aliphatic carbocycles. The van der Waals surface area contributed by atoms with Crippen molar-refractivity contribution in [2.24, 2.45) is 5.92 Å². The van der Waals surface area contributed by atoms with E-state index < -0.39 is 0 Å². The maximum atomic E-state index is 12.4. The highest BCUT2D eigenvalue weighted by Crippen LogP contribution is 2.23. The molecular formula is C20H27NO3. The maximum Gasteiger partial charge on any atom is 0.223 e. The highest BCUT2D eigenvalue weighted by Gasteiger charge is 2.22. The topological polar surface area (TPSA) is 46.6 Å². The van der Waals surface area contributed by atoms with Crippen LogP contribution in [-0.2, 0) is 22.4 Å². The van der Waals surface area contributed by atoms with Gasteiger partial charge in [-0.2, -0.15) is 0 Å². The summed E-state index contributed by atoms with van der Waals surface area (Å²) in [5.41, 5.74) is 3.44. The van der Waals surface area contributed by atoms with Crippen LogP contribution in [0.25, 0.3) is 0 Å². The molecule has 1 heterocycles. The molecule has 0 spiro atoms. The van der Waals surface area contributed by atoms with Gasteiger partial charge < -0.3 is 9.64 Å². The number of hydrogen-bond donors (Lipinski definition) is 0. The van der Waals surface area contributed by atoms with Crippen molar-refractivity contribution in [1.82, 2.24) is 4.90 Å². The van der Waals surface area contributed by atoms with E-state index in [0.717, 1.165) is 44.6 Å². The van der Waals surface area contributed by atoms with Crippen molar-refractivity contribution >= 4 is 11.7 Å². The number of hydrogen-bond acceptors (Lipinski definition) is 3. The van der Waals surface area contributed by atoms with Crippen molar-refractivity contribution in [2.45, 2.75) is 45.4 Å². The van der Waals surface area contributed by atoms with Crippen LogP contribution in [0.2, 0.25) is 0 Å². The highest BCUT2D eigenvalue weighted by molar-refractivity contribution is 5.98. The Bertz CT molecular complexity index is 605. The van der Waals surface area contributed by atoms with Crippen molar-refractivity contribution in [1.29, 1.82) is 0 Å². The van der Waals surface area contributed by atoms with Crippen molar-refractivity contribution in [3.63, 3.8) is 0 Å². The van der Waals surface area contributed by atoms with E-state index in [0.29, 0.717) is 25.3 Å². The summed E-state index contributed by atoms with van der Waals surface area (Å²) in [5, 5.41) is 0. The molecule has 2 aliphatic rings. The highest BCUT2D eigenvalue weighted by atomic mass is 16.5. The van der Waals surface area contributed by atoms with Gasteiger partial charge in [0.25, 0.3) is 0 Å². The number of carbonyl (C=O) groups is 2. The number of amides is 1. The molecule has 1 unspecified atom stereocenters. The van der Waals surface area contributed by atoms with E-state index >= 15 is 0 Å². The summed E-state index contributed by atoms with van der Waals surface area (Å²) in [5.74, 6) is 0.610. The standard InChI is InChI=1S/C20H27NO3/c1-2-21(13-15-10-11-24-14-15)20(23)9-8-19(22)18-7-6-16-4-3-5-17(16)12-18/h6-7,12,15H,2-5,8-11,13-14H2,1H3. The van der Waals surface area contributed by atoms with E-state index in [1.54, 1.807) is 0 Å². The van der Waals surface area contributed by atoms with Crippen molar-refractivity contribution in [3.8, 4) is 0 Å². The zero-order valence-corrected chi connectivity index (χ0v) is 14.6. The van der Waals surface area contributed by atoms with Crippen LogP contribution in [0.4, 0.5) is 0 Å². The van der Waals surface area contributed by atoms with Crippen LogP contribution in [0.3, 0.4) is 0 Å². The number of nitrogens with zero attached hydrogens (tertiary/aromatic N) is 1. The number of fused-ring (bicyclic) bond motifs is 1. The van der Waals surface area contributed by atoms with Crippen LogP contribution < -0.4 is 0 Å². The molecule has 4 nitrogen and oxygen atoms in total. The van der Waals surface area contributed by atoms with Gasteiger partial charge in [0.1, 0.15) is 0 Å². The summed E-state index contributed by atoms with van der Waals surface area (Å²) in [7, 11) is 0. The van der Waals surface area contributed by atoms with E-state index in [-0.39, 0.29) is 11.7 Å². The number of benzene rings is 1. The van der Waals surface area contributed by atoms with Crippen LogP contribution >= 0.6 is 0 Å². The van der Waals surface area contributed by atoms with Gasteiger partial charge in [0.15, 0.2) is 5.78 Å². The second-order valence-corrected chi connectivity index (χ2v) is 6.92. The first kappa shape index (κ1) is 17.2. The summed E-state index contributed by atoms with van der Waals surface area (Å²) >= 11 is 0. The van der Waals surface area contributed by atoms with E-state index in [1.807, 2.05) is 24.0 Å². The predicted octanol–water partition coefficient (Wildman–Crippen LogP) is 3.02. The van der Waals surface area contributed by atoms with Crippen LogP contribution in [0, 0.1) is 5.92 Å². The molecule has 1 amide bonds. The molecule has 3 rings (SSSR count). The Kier molecular flexibility index (Phi) is 5.67. The molecule has 24 heavy (non-hydrogen) atoms. The summed E-state index contributed by atoms with van der Waals surface area (Å²) in [6.07, 6.45) is 5.01. The minimum absolute atomic E-state index is 0.0818. The lowest BCUT2D eigenvalue weighted by atomic mass is 10.0. The third-order valence-corrected chi connectivity index (χ3v) is 5.22. The average Bonchev–Trinajstić information content (AvgIpc) is 3.27. The quantitative estimate of drug-likeness (QED) is 0.723. The zero-order valence-electron chi connectivity index (χ0n) is 14.6. The second-order valence-electron chi connectivity index (χ2n) is 6.92. The van der Waals surface area contributed by atoms with E-state index in [1.165, 1.54) is 17.5 Å². The normalized spacial score (nSPS) is 19.3. The first-order chi connectivity index (χ1) is 11.7. The summed E-state index contributed by atoms with van der Waals surface area (Å²) in [4.78, 5) is 26.7. The molecule has 130 valence electrons. The van der Waals surface area contributed by atoms with E-state index in [2.05, 4.69) is 6.07 Å². The van der Waals surface area contributed by atoms with Gasteiger partial charge in [-0.05, 0) is 49.8 Å². The molecule has 1 atom stereocenters. The number of ketones is 1. The molecule has 4 heteroatoms. The Labute approximate surface area is 144 Å². The molecule has 0 radical (unpaired) electrons. The molecule has 1 saturated heterocycles. The molecule has 1 aliphatic heterocycles. The molecule has 0 N–H and O–H groups in total. The van der Waals surface area contributed by atoms with Gasteiger partial charge in [-0.3, -0.25) is 9.59 Å². The largest absolute Gasteiger partial charge is 0.381 e. The molecule has 0 bridgehead atoms. The summed E-state index contributed by atoms with van der Waals surface area (Å²) in [6.45, 7) is 4.99. The smallest absolute Gasteiger partial charge is 0.223 e. The predicted molar refractivity (Wildman–Crippen MR) is 93.2 cm³/mol. The van der Waals surface area contributed by atoms with Gasteiger partial charge in [0, 0.05) is 44.0 Å². The monoisotopic (exact) mass is 329 g/mol. The molecule has 1 aromatic rings. The Balaban J connectivity index is 1.51. The fourth-order valence-electron chi connectivity index (χ4n) is 3.71. The van der Waals surface area contributed by atoms with Crippen LogP contribution in [0.1, 0.15) is 54.1 Å². The van der Waals surface area contributed by atoms with Crippen molar-refractivity contribution in [3.05, 3.63) is 34.9 Å². The minimum atomic E-state index is 0.0818. The Hall–Kier alpha value is -1.68. The van der Waals surface area contributed by atoms with Crippen LogP contribution in [0.15, 0.2) is 18.2 Å². The van der Waals surface area contributed by atoms with Gasteiger partial charge in [-0.15, -0.1) is 0 Å². The zero-order chi connectivity index (χ0) is 16.9. The molecule has 0 saturated carbocycles. The van der Waals surface area contributed by atoms with E-state index in [9.17, 15) is 9.59 Å². The molecular weight excluding hydrogens is 302 g/mol. The Morgan fingerprint density at radius 2 is 2.04 bits per heavy atom. The van der Waals surface area contributed by atoms with Gasteiger partial charge >= 0.3 is 0 Å². The lowest BCUT2D eigenvalue weighted by molar-refractivity contribution is -0.131. The van der Waals surface area contributed by atoms with Gasteiger partial charge in [-0.25, -0.2) is 0 Å². The lowest BCUT2D eigenvalue weighted by Gasteiger charge is -2.23. The summed E-state index contributed by atoms with van der Waals surface area (Å²) < 4.78 is 5.38. The number of carbonyl (C=O) groups excluding carboxylic acids is 2. The molecule has 0 aromatic heterocycles. The SMILES string of the molecule is CCN(CC1CCOC1)C(=O)CCC(=O)c1ccc2c(c1)CCC2. The second kappa shape index (κ2) is 7.93. The molecule has 1 fully saturated rings. The van der Waals surface area contributed by atoms with Gasteiger partial charge in [-0.1, -0.05) is 12.1 Å². The third-order valence-electron chi connectivity index (χ3n) is 5.22. The number of aryl methyl sites for hydroxylation is 2. The fraction of sp³-hybridized carbons (Fsp3) is 0.600. The minimum Gasteiger partial charge on any atom is -0.381 e. The third kappa shape index (κ3) is 4.04. The van der Waals surface area contributed by atoms with Gasteiger partial charge in [0.2, 0.25) is 5.91 Å². The van der Waals surface area contributed by atoms with Gasteiger partial charge in [0.05, 0.1) is 6.61 Å². The fourth-order valence-corrected chi connectivity index (χ4v) is 3.71. The summed E-state index contributed by atoms with van der Waals surface area (Å²) in [6, 6.07) is 6.03. The van der Waals surface area contributed by atoms with Crippen LogP contribution in [0.5, 0.6) is 0 Å². The maximum absolute atomic E-state index is 12.4. The number of ether oxygens (including phenoxy) is 1. The first-order valence-electron chi connectivity index (χ1n) is 9.18. The lowest BCUT2D eigenvalue weighted by Crippen LogP contribution is -2.35. The van der Waals surface area contributed by atoms with Crippen LogP contribution in [-0.4, -0.2) is 42.9 Å². The number of Topliss-reactive ketones (excluding diaryl/α,β-unsaturated/α-hetero) is 1. The van der Waals surface area contributed by atoms with E-state index in [4.69, 9.17) is 4.74 Å². The Morgan fingerprint density at radius 1 is 1.21 bits per heavy atom. The average molecular weight is 329 g/mol. The van der Waals surface area contributed by atoms with Crippen molar-refractivity contribution in [2.75, 3.05) is 26.3 Å². The Morgan fingerprint density at radius 3 is 2.79 bits per heavy atom. The first-order valence-corrected chi connectivity index (χ1v) is 9.18.